The molecule has 0 radical (unpaired) electrons. The lowest BCUT2D eigenvalue weighted by Crippen LogP contribution is -2.58. The zero-order chi connectivity index (χ0) is 15.5. The number of nitrogens with one attached hydrogen (secondary N) is 2. The van der Waals surface area contributed by atoms with Crippen LogP contribution in [0.4, 0.5) is 5.69 Å². The Hall–Kier alpha value is -1.39. The monoisotopic (exact) mass is 289 g/mol. The van der Waals surface area contributed by atoms with Crippen molar-refractivity contribution in [3.63, 3.8) is 0 Å². The molecule has 0 unspecified atom stereocenters. The molecule has 1 aliphatic heterocycles. The van der Waals surface area contributed by atoms with E-state index in [0.29, 0.717) is 0 Å². The lowest BCUT2D eigenvalue weighted by atomic mass is 9.99. The van der Waals surface area contributed by atoms with E-state index in [1.807, 2.05) is 32.9 Å². The summed E-state index contributed by atoms with van der Waals surface area (Å²) in [7, 11) is 0. The minimum atomic E-state index is -0.491. The van der Waals surface area contributed by atoms with Crippen molar-refractivity contribution in [1.82, 2.24) is 10.2 Å². The molecule has 0 saturated carbocycles. The second-order valence-corrected chi connectivity index (χ2v) is 6.21. The van der Waals surface area contributed by atoms with Crippen LogP contribution in [0.25, 0.3) is 0 Å². The maximum absolute atomic E-state index is 12.8. The summed E-state index contributed by atoms with van der Waals surface area (Å²) in [5.74, 6) is 0.0772. The Balaban J connectivity index is 2.17. The number of piperazine rings is 1. The van der Waals surface area contributed by atoms with Gasteiger partial charge in [-0.05, 0) is 38.3 Å². The standard InChI is InChI=1S/C17H27N3O/c1-5-14-8-6-7-13(2)15(14)19-16(21)17(3,4)20-11-9-18-10-12-20/h6-8,18H,5,9-12H2,1-4H3,(H,19,21). The lowest BCUT2D eigenvalue weighted by molar-refractivity contribution is -0.126. The van der Waals surface area contributed by atoms with Crippen molar-refractivity contribution in [2.24, 2.45) is 0 Å². The first-order chi connectivity index (χ1) is 9.96. The van der Waals surface area contributed by atoms with Gasteiger partial charge in [-0.3, -0.25) is 9.69 Å². The Kier molecular flexibility index (Phi) is 5.01. The number of nitrogens with zero attached hydrogens (tertiary/aromatic N) is 1. The molecule has 2 N–H and O–H groups in total. The Morgan fingerprint density at radius 2 is 2.00 bits per heavy atom. The van der Waals surface area contributed by atoms with Gasteiger partial charge in [-0.25, -0.2) is 0 Å². The summed E-state index contributed by atoms with van der Waals surface area (Å²) < 4.78 is 0. The van der Waals surface area contributed by atoms with Crippen molar-refractivity contribution < 1.29 is 4.79 Å². The average Bonchev–Trinajstić information content (AvgIpc) is 2.50. The molecule has 2 rings (SSSR count). The number of carbonyl (C=O) groups is 1. The van der Waals surface area contributed by atoms with E-state index in [-0.39, 0.29) is 5.91 Å². The molecule has 0 bridgehead atoms. The van der Waals surface area contributed by atoms with Gasteiger partial charge in [-0.15, -0.1) is 0 Å². The molecule has 1 aromatic rings. The average molecular weight is 289 g/mol. The van der Waals surface area contributed by atoms with Gasteiger partial charge in [0.05, 0.1) is 5.54 Å². The maximum atomic E-state index is 12.8. The molecule has 0 aromatic heterocycles. The fourth-order valence-corrected chi connectivity index (χ4v) is 2.84. The molecule has 1 heterocycles. The molecule has 4 nitrogen and oxygen atoms in total. The van der Waals surface area contributed by atoms with E-state index in [9.17, 15) is 4.79 Å². The van der Waals surface area contributed by atoms with E-state index < -0.39 is 5.54 Å². The third kappa shape index (κ3) is 3.44. The Morgan fingerprint density at radius 3 is 2.62 bits per heavy atom. The minimum Gasteiger partial charge on any atom is -0.324 e. The lowest BCUT2D eigenvalue weighted by Gasteiger charge is -2.40. The summed E-state index contributed by atoms with van der Waals surface area (Å²) in [5.41, 5.74) is 2.81. The van der Waals surface area contributed by atoms with Crippen LogP contribution in [0.5, 0.6) is 0 Å². The van der Waals surface area contributed by atoms with Gasteiger partial charge in [0.2, 0.25) is 5.91 Å². The summed E-state index contributed by atoms with van der Waals surface area (Å²) in [5, 5.41) is 6.50. The van der Waals surface area contributed by atoms with Gasteiger partial charge in [0.15, 0.2) is 0 Å². The third-order valence-corrected chi connectivity index (χ3v) is 4.44. The summed E-state index contributed by atoms with van der Waals surface area (Å²) in [6.45, 7) is 11.9. The second kappa shape index (κ2) is 6.58. The van der Waals surface area contributed by atoms with E-state index >= 15 is 0 Å². The molecule has 1 aliphatic rings. The van der Waals surface area contributed by atoms with Crippen molar-refractivity contribution in [2.45, 2.75) is 39.7 Å². The molecule has 0 atom stereocenters. The molecular weight excluding hydrogens is 262 g/mol. The molecule has 1 aromatic carbocycles. The summed E-state index contributed by atoms with van der Waals surface area (Å²) in [6, 6.07) is 6.18. The predicted molar refractivity (Wildman–Crippen MR) is 87.7 cm³/mol. The SMILES string of the molecule is CCc1cccc(C)c1NC(=O)C(C)(C)N1CCNCC1. The second-order valence-electron chi connectivity index (χ2n) is 6.21. The number of rotatable bonds is 4. The van der Waals surface area contributed by atoms with E-state index in [4.69, 9.17) is 0 Å². The molecule has 21 heavy (non-hydrogen) atoms. The Bertz CT molecular complexity index is 505. The van der Waals surface area contributed by atoms with Crippen molar-refractivity contribution >= 4 is 11.6 Å². The Morgan fingerprint density at radius 1 is 1.33 bits per heavy atom. The number of anilines is 1. The zero-order valence-electron chi connectivity index (χ0n) is 13.6. The number of aryl methyl sites for hydroxylation is 2. The molecule has 1 amide bonds. The number of para-hydroxylation sites is 1. The summed E-state index contributed by atoms with van der Waals surface area (Å²) in [4.78, 5) is 15.0. The van der Waals surface area contributed by atoms with Gasteiger partial charge in [0.25, 0.3) is 0 Å². The van der Waals surface area contributed by atoms with Crippen LogP contribution in [0.2, 0.25) is 0 Å². The summed E-state index contributed by atoms with van der Waals surface area (Å²) in [6.07, 6.45) is 0.922. The van der Waals surface area contributed by atoms with Crippen LogP contribution in [0, 0.1) is 6.92 Å². The highest BCUT2D eigenvalue weighted by Crippen LogP contribution is 2.24. The van der Waals surface area contributed by atoms with Crippen molar-refractivity contribution in [3.05, 3.63) is 29.3 Å². The van der Waals surface area contributed by atoms with Crippen molar-refractivity contribution in [2.75, 3.05) is 31.5 Å². The number of carbonyl (C=O) groups excluding carboxylic acids is 1. The highest BCUT2D eigenvalue weighted by Gasteiger charge is 2.35. The van der Waals surface area contributed by atoms with Crippen LogP contribution in [-0.2, 0) is 11.2 Å². The first kappa shape index (κ1) is 16.0. The molecule has 0 spiro atoms. The van der Waals surface area contributed by atoms with Crippen LogP contribution >= 0.6 is 0 Å². The van der Waals surface area contributed by atoms with E-state index in [1.165, 1.54) is 5.56 Å². The quantitative estimate of drug-likeness (QED) is 0.893. The molecule has 116 valence electrons. The largest absolute Gasteiger partial charge is 0.324 e. The van der Waals surface area contributed by atoms with Gasteiger partial charge in [-0.1, -0.05) is 25.1 Å². The first-order valence-electron chi connectivity index (χ1n) is 7.82. The fourth-order valence-electron chi connectivity index (χ4n) is 2.84. The Labute approximate surface area is 127 Å². The van der Waals surface area contributed by atoms with Gasteiger partial charge in [0, 0.05) is 31.9 Å². The summed E-state index contributed by atoms with van der Waals surface area (Å²) >= 11 is 0. The van der Waals surface area contributed by atoms with Crippen LogP contribution in [0.1, 0.15) is 31.9 Å². The predicted octanol–water partition coefficient (Wildman–Crippen LogP) is 2.18. The van der Waals surface area contributed by atoms with E-state index in [2.05, 4.69) is 28.5 Å². The molecule has 0 aliphatic carbocycles. The zero-order valence-corrected chi connectivity index (χ0v) is 13.6. The minimum absolute atomic E-state index is 0.0772. The van der Waals surface area contributed by atoms with Crippen molar-refractivity contribution in [1.29, 1.82) is 0 Å². The molecule has 1 saturated heterocycles. The fraction of sp³-hybridized carbons (Fsp3) is 0.588. The third-order valence-electron chi connectivity index (χ3n) is 4.44. The first-order valence-corrected chi connectivity index (χ1v) is 7.82. The van der Waals surface area contributed by atoms with Crippen LogP contribution in [0.15, 0.2) is 18.2 Å². The van der Waals surface area contributed by atoms with Gasteiger partial charge in [0.1, 0.15) is 0 Å². The molecule has 1 fully saturated rings. The van der Waals surface area contributed by atoms with Crippen LogP contribution in [-0.4, -0.2) is 42.5 Å². The molecular formula is C17H27N3O. The van der Waals surface area contributed by atoms with Crippen molar-refractivity contribution in [3.8, 4) is 0 Å². The topological polar surface area (TPSA) is 44.4 Å². The highest BCUT2D eigenvalue weighted by molar-refractivity contribution is 5.98. The molecule has 4 heteroatoms. The smallest absolute Gasteiger partial charge is 0.244 e. The van der Waals surface area contributed by atoms with Gasteiger partial charge < -0.3 is 10.6 Å². The normalized spacial score (nSPS) is 16.8. The van der Waals surface area contributed by atoms with E-state index in [0.717, 1.165) is 43.9 Å². The van der Waals surface area contributed by atoms with Crippen LogP contribution in [0.3, 0.4) is 0 Å². The number of hydrogen-bond donors (Lipinski definition) is 2. The number of amides is 1. The van der Waals surface area contributed by atoms with Crippen LogP contribution < -0.4 is 10.6 Å². The van der Waals surface area contributed by atoms with Gasteiger partial charge in [-0.2, -0.15) is 0 Å². The number of hydrogen-bond acceptors (Lipinski definition) is 3. The van der Waals surface area contributed by atoms with Gasteiger partial charge >= 0.3 is 0 Å². The maximum Gasteiger partial charge on any atom is 0.244 e. The van der Waals surface area contributed by atoms with E-state index in [1.54, 1.807) is 0 Å². The highest BCUT2D eigenvalue weighted by atomic mass is 16.2. The number of benzene rings is 1.